The quantitative estimate of drug-likeness (QED) is 0.290. The van der Waals surface area contributed by atoms with E-state index < -0.39 is 7.92 Å². The summed E-state index contributed by atoms with van der Waals surface area (Å²) in [5, 5.41) is 1.03. The van der Waals surface area contributed by atoms with Crippen molar-refractivity contribution in [2.75, 3.05) is 12.8 Å². The van der Waals surface area contributed by atoms with Gasteiger partial charge < -0.3 is 4.74 Å². The molecule has 1 aliphatic rings. The van der Waals surface area contributed by atoms with Gasteiger partial charge in [0.25, 0.3) is 0 Å². The minimum atomic E-state index is -0.612. The van der Waals surface area contributed by atoms with Crippen LogP contribution in [0.1, 0.15) is 31.4 Å². The van der Waals surface area contributed by atoms with E-state index in [1.807, 2.05) is 13.8 Å². The number of esters is 1. The van der Waals surface area contributed by atoms with Gasteiger partial charge in [-0.25, -0.2) is 4.79 Å². The first kappa shape index (κ1) is 20.6. The van der Waals surface area contributed by atoms with Gasteiger partial charge in [0.15, 0.2) is 0 Å². The molecule has 0 aliphatic carbocycles. The van der Waals surface area contributed by atoms with Gasteiger partial charge >= 0.3 is 5.97 Å². The first-order valence-electron chi connectivity index (χ1n) is 10.5. The van der Waals surface area contributed by atoms with Gasteiger partial charge in [0, 0.05) is 5.57 Å². The molecule has 3 aromatic rings. The molecule has 1 heterocycles. The largest absolute Gasteiger partial charge is 0.463 e. The van der Waals surface area contributed by atoms with E-state index in [1.54, 1.807) is 0 Å². The molecule has 0 saturated carbocycles. The molecule has 4 rings (SSSR count). The van der Waals surface area contributed by atoms with E-state index in [1.165, 1.54) is 22.0 Å². The molecule has 0 spiro atoms. The van der Waals surface area contributed by atoms with Crippen molar-refractivity contribution >= 4 is 19.2 Å². The fraction of sp³-hybridized carbons (Fsp3) is 0.222. The lowest BCUT2D eigenvalue weighted by molar-refractivity contribution is -0.138. The summed E-state index contributed by atoms with van der Waals surface area (Å²) in [7, 11) is -0.612. The number of carbonyl (C=O) groups is 1. The molecule has 152 valence electrons. The topological polar surface area (TPSA) is 26.3 Å². The van der Waals surface area contributed by atoms with E-state index in [9.17, 15) is 4.79 Å². The Morgan fingerprint density at radius 2 is 1.37 bits per heavy atom. The minimum Gasteiger partial charge on any atom is -0.463 e. The Kier molecular flexibility index (Phi) is 6.16. The number of benzene rings is 3. The van der Waals surface area contributed by atoms with Crippen LogP contribution >= 0.6 is 7.92 Å². The van der Waals surface area contributed by atoms with E-state index in [2.05, 4.69) is 91.0 Å². The molecule has 0 bridgehead atoms. The summed E-state index contributed by atoms with van der Waals surface area (Å²) in [5.41, 5.74) is 4.46. The SMILES string of the molecule is CCOC(=O)C(C)=C1CCP(c2ccccc2)C1(c1ccccc1)c1ccccc1. The molecule has 0 N–H and O–H groups in total. The lowest BCUT2D eigenvalue weighted by Crippen LogP contribution is -2.30. The first-order chi connectivity index (χ1) is 14.7. The van der Waals surface area contributed by atoms with Crippen LogP contribution < -0.4 is 5.30 Å². The second kappa shape index (κ2) is 8.98. The Morgan fingerprint density at radius 1 is 0.867 bits per heavy atom. The van der Waals surface area contributed by atoms with Crippen molar-refractivity contribution in [1.82, 2.24) is 0 Å². The maximum absolute atomic E-state index is 12.9. The summed E-state index contributed by atoms with van der Waals surface area (Å²) in [4.78, 5) is 12.9. The second-order valence-electron chi connectivity index (χ2n) is 7.50. The van der Waals surface area contributed by atoms with Crippen LogP contribution in [0.25, 0.3) is 0 Å². The third-order valence-corrected chi connectivity index (χ3v) is 9.10. The summed E-state index contributed by atoms with van der Waals surface area (Å²) >= 11 is 0. The number of ether oxygens (including phenoxy) is 1. The number of rotatable bonds is 5. The third kappa shape index (κ3) is 3.50. The monoisotopic (exact) mass is 414 g/mol. The Hall–Kier alpha value is -2.70. The smallest absolute Gasteiger partial charge is 0.333 e. The van der Waals surface area contributed by atoms with Crippen LogP contribution in [0.4, 0.5) is 0 Å². The summed E-state index contributed by atoms with van der Waals surface area (Å²) in [6.07, 6.45) is 1.95. The maximum Gasteiger partial charge on any atom is 0.333 e. The lowest BCUT2D eigenvalue weighted by atomic mass is 9.80. The Bertz CT molecular complexity index is 987. The van der Waals surface area contributed by atoms with Gasteiger partial charge in [0.2, 0.25) is 0 Å². The van der Waals surface area contributed by atoms with Crippen molar-refractivity contribution in [3.8, 4) is 0 Å². The predicted octanol–water partition coefficient (Wildman–Crippen LogP) is 6.02. The number of carbonyl (C=O) groups excluding carboxylic acids is 1. The molecule has 3 aromatic carbocycles. The Balaban J connectivity index is 2.05. The zero-order valence-corrected chi connectivity index (χ0v) is 18.4. The number of hydrogen-bond acceptors (Lipinski definition) is 2. The van der Waals surface area contributed by atoms with Gasteiger partial charge in [0.05, 0.1) is 11.8 Å². The van der Waals surface area contributed by atoms with Crippen LogP contribution in [0.15, 0.2) is 102 Å². The van der Waals surface area contributed by atoms with Crippen LogP contribution in [0.5, 0.6) is 0 Å². The van der Waals surface area contributed by atoms with Crippen molar-refractivity contribution < 1.29 is 9.53 Å². The van der Waals surface area contributed by atoms with Crippen molar-refractivity contribution in [3.05, 3.63) is 113 Å². The normalized spacial score (nSPS) is 19.3. The molecule has 2 nitrogen and oxygen atoms in total. The van der Waals surface area contributed by atoms with E-state index >= 15 is 0 Å². The first-order valence-corrected chi connectivity index (χ1v) is 12.0. The lowest BCUT2D eigenvalue weighted by Gasteiger charge is -2.39. The molecule has 1 atom stereocenters. The number of hydrogen-bond donors (Lipinski definition) is 0. The van der Waals surface area contributed by atoms with E-state index in [0.717, 1.165) is 18.2 Å². The van der Waals surface area contributed by atoms with Gasteiger partial charge in [-0.15, -0.1) is 0 Å². The molecular weight excluding hydrogens is 387 g/mol. The maximum atomic E-state index is 12.9. The summed E-state index contributed by atoms with van der Waals surface area (Å²) in [5.74, 6) is -0.200. The van der Waals surface area contributed by atoms with Crippen molar-refractivity contribution in [2.45, 2.75) is 25.4 Å². The number of allylic oxidation sites excluding steroid dienone is 1. The van der Waals surface area contributed by atoms with Crippen LogP contribution in [-0.4, -0.2) is 18.7 Å². The fourth-order valence-corrected chi connectivity index (χ4v) is 8.16. The zero-order valence-electron chi connectivity index (χ0n) is 17.5. The molecule has 30 heavy (non-hydrogen) atoms. The highest BCUT2D eigenvalue weighted by Crippen LogP contribution is 2.69. The third-order valence-electron chi connectivity index (χ3n) is 5.91. The average molecular weight is 414 g/mol. The molecular formula is C27H27O2P. The molecule has 1 unspecified atom stereocenters. The summed E-state index contributed by atoms with van der Waals surface area (Å²) in [6.45, 7) is 4.20. The standard InChI is InChI=1S/C27H27O2P/c1-3-29-26(28)21(2)25-19-20-30(24-17-11-6-12-18-24)27(25,22-13-7-4-8-14-22)23-15-9-5-10-16-23/h4-18H,3,19-20H2,1-2H3. The van der Waals surface area contributed by atoms with Gasteiger partial charge in [-0.05, 0) is 48.4 Å². The van der Waals surface area contributed by atoms with Crippen LogP contribution in [0.2, 0.25) is 0 Å². The molecule has 1 saturated heterocycles. The second-order valence-corrected chi connectivity index (χ2v) is 9.99. The molecule has 1 fully saturated rings. The highest BCUT2D eigenvalue weighted by atomic mass is 31.1. The fourth-order valence-electron chi connectivity index (χ4n) is 4.67. The predicted molar refractivity (Wildman–Crippen MR) is 125 cm³/mol. The average Bonchev–Trinajstić information content (AvgIpc) is 3.21. The van der Waals surface area contributed by atoms with Gasteiger partial charge in [-0.1, -0.05) is 98.9 Å². The van der Waals surface area contributed by atoms with E-state index in [-0.39, 0.29) is 11.1 Å². The molecule has 0 aromatic heterocycles. The molecule has 1 aliphatic heterocycles. The van der Waals surface area contributed by atoms with Gasteiger partial charge in [0.1, 0.15) is 0 Å². The highest BCUT2D eigenvalue weighted by Gasteiger charge is 2.50. The molecule has 0 amide bonds. The van der Waals surface area contributed by atoms with Gasteiger partial charge in [-0.2, -0.15) is 0 Å². The highest BCUT2D eigenvalue weighted by molar-refractivity contribution is 7.67. The van der Waals surface area contributed by atoms with Crippen molar-refractivity contribution in [1.29, 1.82) is 0 Å². The van der Waals surface area contributed by atoms with Crippen LogP contribution in [-0.2, 0) is 14.7 Å². The van der Waals surface area contributed by atoms with E-state index in [0.29, 0.717) is 6.61 Å². The molecule has 3 heteroatoms. The summed E-state index contributed by atoms with van der Waals surface area (Å²) < 4.78 is 5.43. The Labute approximate surface area is 180 Å². The van der Waals surface area contributed by atoms with Crippen LogP contribution in [0.3, 0.4) is 0 Å². The van der Waals surface area contributed by atoms with Crippen molar-refractivity contribution in [2.24, 2.45) is 0 Å². The Morgan fingerprint density at radius 3 is 1.87 bits per heavy atom. The van der Waals surface area contributed by atoms with Crippen molar-refractivity contribution in [3.63, 3.8) is 0 Å². The summed E-state index contributed by atoms with van der Waals surface area (Å²) in [6, 6.07) is 32.2. The zero-order chi connectivity index (χ0) is 21.0. The van der Waals surface area contributed by atoms with Crippen LogP contribution in [0, 0.1) is 0 Å². The molecule has 0 radical (unpaired) electrons. The minimum absolute atomic E-state index is 0.200. The van der Waals surface area contributed by atoms with Gasteiger partial charge in [-0.3, -0.25) is 0 Å². The van der Waals surface area contributed by atoms with E-state index in [4.69, 9.17) is 4.74 Å².